The van der Waals surface area contributed by atoms with Crippen molar-refractivity contribution in [3.8, 4) is 11.3 Å². The molecular formula is C23H27F2N5. The van der Waals surface area contributed by atoms with Crippen LogP contribution in [0.25, 0.3) is 22.0 Å². The maximum absolute atomic E-state index is 15.4. The van der Waals surface area contributed by atoms with Gasteiger partial charge in [-0.15, -0.1) is 0 Å². The Bertz CT molecular complexity index is 1070. The standard InChI is InChI=1S/C23H27F2N5/c1-16(23(25)6-9-30(10-7-23)11-8-24)28-22-13-20-12-18(4-5-19(20)14-27-22)21-15-26-17(2)29(21)3/h4-5,12-15H,1,6-11H2,2-3H3,(H,27,28). The summed E-state index contributed by atoms with van der Waals surface area (Å²) in [6.07, 6.45) is 4.24. The van der Waals surface area contributed by atoms with E-state index in [0.29, 0.717) is 44.0 Å². The number of pyridine rings is 1. The lowest BCUT2D eigenvalue weighted by molar-refractivity contribution is 0.0853. The lowest BCUT2D eigenvalue weighted by Crippen LogP contribution is -2.44. The van der Waals surface area contributed by atoms with E-state index in [2.05, 4.69) is 27.9 Å². The highest BCUT2D eigenvalue weighted by Crippen LogP contribution is 2.34. The van der Waals surface area contributed by atoms with Crippen molar-refractivity contribution in [3.63, 3.8) is 0 Å². The number of rotatable bonds is 6. The summed E-state index contributed by atoms with van der Waals surface area (Å²) in [6.45, 7) is 6.93. The van der Waals surface area contributed by atoms with Crippen LogP contribution >= 0.6 is 0 Å². The van der Waals surface area contributed by atoms with Crippen LogP contribution < -0.4 is 5.32 Å². The quantitative estimate of drug-likeness (QED) is 0.642. The van der Waals surface area contributed by atoms with Crippen LogP contribution in [0.4, 0.5) is 14.6 Å². The second-order valence-corrected chi connectivity index (χ2v) is 7.98. The van der Waals surface area contributed by atoms with Gasteiger partial charge in [0.05, 0.1) is 11.9 Å². The second kappa shape index (κ2) is 8.14. The van der Waals surface area contributed by atoms with Crippen molar-refractivity contribution < 1.29 is 8.78 Å². The Balaban J connectivity index is 1.53. The summed E-state index contributed by atoms with van der Waals surface area (Å²) in [5, 5.41) is 5.08. The number of aromatic nitrogens is 3. The third kappa shape index (κ3) is 3.94. The van der Waals surface area contributed by atoms with Gasteiger partial charge < -0.3 is 14.8 Å². The number of halogens is 2. The van der Waals surface area contributed by atoms with Crippen LogP contribution in [-0.4, -0.2) is 51.4 Å². The van der Waals surface area contributed by atoms with Gasteiger partial charge in [-0.05, 0) is 37.3 Å². The van der Waals surface area contributed by atoms with Gasteiger partial charge in [-0.3, -0.25) is 0 Å². The Kier molecular flexibility index (Phi) is 5.56. The molecule has 1 saturated heterocycles. The maximum Gasteiger partial charge on any atom is 0.152 e. The van der Waals surface area contributed by atoms with Gasteiger partial charge in [0.1, 0.15) is 18.3 Å². The van der Waals surface area contributed by atoms with Gasteiger partial charge in [-0.1, -0.05) is 18.7 Å². The van der Waals surface area contributed by atoms with E-state index in [1.54, 1.807) is 6.20 Å². The van der Waals surface area contributed by atoms with E-state index >= 15 is 4.39 Å². The van der Waals surface area contributed by atoms with Gasteiger partial charge in [0, 0.05) is 49.5 Å². The molecule has 30 heavy (non-hydrogen) atoms. The zero-order chi connectivity index (χ0) is 21.3. The smallest absolute Gasteiger partial charge is 0.152 e. The number of allylic oxidation sites excluding steroid dienone is 1. The third-order valence-electron chi connectivity index (χ3n) is 6.11. The number of hydrogen-bond donors (Lipinski definition) is 1. The van der Waals surface area contributed by atoms with E-state index in [1.807, 2.05) is 47.8 Å². The van der Waals surface area contributed by atoms with Crippen LogP contribution in [0, 0.1) is 6.92 Å². The minimum absolute atomic E-state index is 0.302. The summed E-state index contributed by atoms with van der Waals surface area (Å²) in [5.74, 6) is 1.51. The Labute approximate surface area is 175 Å². The molecule has 158 valence electrons. The molecule has 0 spiro atoms. The molecule has 0 bridgehead atoms. The summed E-state index contributed by atoms with van der Waals surface area (Å²) >= 11 is 0. The number of fused-ring (bicyclic) bond motifs is 1. The third-order valence-corrected chi connectivity index (χ3v) is 6.11. The highest BCUT2D eigenvalue weighted by atomic mass is 19.1. The zero-order valence-electron chi connectivity index (χ0n) is 17.5. The molecule has 0 unspecified atom stereocenters. The normalized spacial score (nSPS) is 16.7. The molecule has 1 N–H and O–H groups in total. The zero-order valence-corrected chi connectivity index (χ0v) is 17.5. The maximum atomic E-state index is 15.4. The van der Waals surface area contributed by atoms with E-state index in [4.69, 9.17) is 0 Å². The van der Waals surface area contributed by atoms with Crippen LogP contribution in [0.3, 0.4) is 0 Å². The lowest BCUT2D eigenvalue weighted by atomic mass is 9.90. The predicted octanol–water partition coefficient (Wildman–Crippen LogP) is 4.64. The molecule has 1 aliphatic heterocycles. The summed E-state index contributed by atoms with van der Waals surface area (Å²) in [7, 11) is 1.99. The van der Waals surface area contributed by atoms with Gasteiger partial charge in [0.15, 0.2) is 5.67 Å². The van der Waals surface area contributed by atoms with Crippen LogP contribution in [0.15, 0.2) is 48.9 Å². The fourth-order valence-electron chi connectivity index (χ4n) is 3.96. The van der Waals surface area contributed by atoms with Crippen molar-refractivity contribution >= 4 is 16.6 Å². The monoisotopic (exact) mass is 411 g/mol. The molecule has 1 aliphatic rings. The molecule has 0 amide bonds. The van der Waals surface area contributed by atoms with Crippen molar-refractivity contribution in [3.05, 3.63) is 54.8 Å². The molecule has 1 aromatic carbocycles. The number of nitrogens with zero attached hydrogens (tertiary/aromatic N) is 4. The summed E-state index contributed by atoms with van der Waals surface area (Å²) in [6, 6.07) is 8.07. The average molecular weight is 412 g/mol. The summed E-state index contributed by atoms with van der Waals surface area (Å²) in [4.78, 5) is 10.7. The number of imidazole rings is 1. The molecule has 0 aliphatic carbocycles. The first kappa shape index (κ1) is 20.5. The summed E-state index contributed by atoms with van der Waals surface area (Å²) in [5.41, 5.74) is 0.890. The molecule has 3 aromatic rings. The topological polar surface area (TPSA) is 46.0 Å². The van der Waals surface area contributed by atoms with Crippen LogP contribution in [0.2, 0.25) is 0 Å². The fraction of sp³-hybridized carbons (Fsp3) is 0.391. The molecule has 0 radical (unpaired) electrons. The first-order valence-corrected chi connectivity index (χ1v) is 10.2. The number of likely N-dealkylation sites (tertiary alicyclic amines) is 1. The Morgan fingerprint density at radius 3 is 2.60 bits per heavy atom. The van der Waals surface area contributed by atoms with Gasteiger partial charge in [-0.2, -0.15) is 0 Å². The number of alkyl halides is 2. The largest absolute Gasteiger partial charge is 0.341 e. The molecule has 1 fully saturated rings. The van der Waals surface area contributed by atoms with E-state index in [1.165, 1.54) is 0 Å². The molecule has 3 heterocycles. The van der Waals surface area contributed by atoms with E-state index in [9.17, 15) is 4.39 Å². The Hall–Kier alpha value is -2.80. The lowest BCUT2D eigenvalue weighted by Gasteiger charge is -2.37. The van der Waals surface area contributed by atoms with Gasteiger partial charge in [-0.25, -0.2) is 18.7 Å². The number of hydrogen-bond acceptors (Lipinski definition) is 4. The van der Waals surface area contributed by atoms with Crippen LogP contribution in [0.1, 0.15) is 18.7 Å². The SMILES string of the molecule is C=C(Nc1cc2cc(-c3cnc(C)n3C)ccc2cn1)C1(F)CCN(CCF)CC1. The van der Waals surface area contributed by atoms with Crippen molar-refractivity contribution in [1.82, 2.24) is 19.4 Å². The number of anilines is 1. The minimum atomic E-state index is -1.52. The van der Waals surface area contributed by atoms with E-state index in [0.717, 1.165) is 27.9 Å². The Morgan fingerprint density at radius 2 is 1.93 bits per heavy atom. The average Bonchev–Trinajstić information content (AvgIpc) is 3.08. The number of piperidine rings is 1. The number of benzene rings is 1. The van der Waals surface area contributed by atoms with Crippen molar-refractivity contribution in [2.24, 2.45) is 7.05 Å². The second-order valence-electron chi connectivity index (χ2n) is 7.98. The van der Waals surface area contributed by atoms with Crippen LogP contribution in [0.5, 0.6) is 0 Å². The van der Waals surface area contributed by atoms with Crippen molar-refractivity contribution in [1.29, 1.82) is 0 Å². The fourth-order valence-corrected chi connectivity index (χ4v) is 3.96. The minimum Gasteiger partial charge on any atom is -0.341 e. The van der Waals surface area contributed by atoms with Gasteiger partial charge >= 0.3 is 0 Å². The molecule has 2 aromatic heterocycles. The van der Waals surface area contributed by atoms with Crippen LogP contribution in [-0.2, 0) is 7.05 Å². The van der Waals surface area contributed by atoms with E-state index in [-0.39, 0.29) is 0 Å². The molecule has 4 rings (SSSR count). The van der Waals surface area contributed by atoms with Gasteiger partial charge in [0.2, 0.25) is 0 Å². The summed E-state index contributed by atoms with van der Waals surface area (Å²) < 4.78 is 30.0. The van der Waals surface area contributed by atoms with E-state index < -0.39 is 12.3 Å². The first-order chi connectivity index (χ1) is 14.4. The predicted molar refractivity (Wildman–Crippen MR) is 117 cm³/mol. The highest BCUT2D eigenvalue weighted by Gasteiger charge is 2.37. The molecule has 7 heteroatoms. The molecule has 5 nitrogen and oxygen atoms in total. The molecular weight excluding hydrogens is 384 g/mol. The molecule has 0 saturated carbocycles. The van der Waals surface area contributed by atoms with Crippen molar-refractivity contribution in [2.75, 3.05) is 31.6 Å². The number of aryl methyl sites for hydroxylation is 1. The molecule has 0 atom stereocenters. The van der Waals surface area contributed by atoms with Gasteiger partial charge in [0.25, 0.3) is 0 Å². The first-order valence-electron chi connectivity index (χ1n) is 10.2. The Morgan fingerprint density at radius 1 is 1.17 bits per heavy atom. The highest BCUT2D eigenvalue weighted by molar-refractivity contribution is 5.88. The number of nitrogens with one attached hydrogen (secondary N) is 1. The van der Waals surface area contributed by atoms with Crippen molar-refractivity contribution in [2.45, 2.75) is 25.4 Å².